The van der Waals surface area contributed by atoms with Crippen molar-refractivity contribution in [2.24, 2.45) is 0 Å². The number of hydrogen-bond donors (Lipinski definition) is 1. The second kappa shape index (κ2) is 9.17. The highest BCUT2D eigenvalue weighted by molar-refractivity contribution is 6.02. The van der Waals surface area contributed by atoms with E-state index in [9.17, 15) is 9.59 Å². The highest BCUT2D eigenvalue weighted by Gasteiger charge is 2.26. The SMILES string of the molecule is CCN(CC(=O)Nc1ccccc1N1CCCC1=O)CC1COc2ccccc2O1. The number of para-hydroxylation sites is 4. The molecule has 30 heavy (non-hydrogen) atoms. The number of benzene rings is 2. The molecule has 2 aromatic carbocycles. The fourth-order valence-electron chi connectivity index (χ4n) is 3.86. The predicted molar refractivity (Wildman–Crippen MR) is 115 cm³/mol. The summed E-state index contributed by atoms with van der Waals surface area (Å²) in [6, 6.07) is 15.1. The molecule has 0 saturated carbocycles. The minimum atomic E-state index is -0.137. The van der Waals surface area contributed by atoms with Crippen LogP contribution in [0.3, 0.4) is 0 Å². The highest BCUT2D eigenvalue weighted by atomic mass is 16.6. The Bertz CT molecular complexity index is 917. The Morgan fingerprint density at radius 2 is 1.93 bits per heavy atom. The summed E-state index contributed by atoms with van der Waals surface area (Å²) >= 11 is 0. The molecule has 0 radical (unpaired) electrons. The van der Waals surface area contributed by atoms with E-state index in [-0.39, 0.29) is 24.5 Å². The van der Waals surface area contributed by atoms with Crippen LogP contribution >= 0.6 is 0 Å². The lowest BCUT2D eigenvalue weighted by atomic mass is 10.2. The molecule has 2 aliphatic rings. The summed E-state index contributed by atoms with van der Waals surface area (Å²) in [7, 11) is 0. The van der Waals surface area contributed by atoms with Gasteiger partial charge in [-0.1, -0.05) is 31.2 Å². The fourth-order valence-corrected chi connectivity index (χ4v) is 3.86. The number of carbonyl (C=O) groups excluding carboxylic acids is 2. The van der Waals surface area contributed by atoms with Crippen molar-refractivity contribution in [1.29, 1.82) is 0 Å². The van der Waals surface area contributed by atoms with Gasteiger partial charge in [-0.3, -0.25) is 14.5 Å². The molecule has 1 saturated heterocycles. The quantitative estimate of drug-likeness (QED) is 0.761. The van der Waals surface area contributed by atoms with Gasteiger partial charge in [0.05, 0.1) is 17.9 Å². The summed E-state index contributed by atoms with van der Waals surface area (Å²) in [6.45, 7) is 4.69. The van der Waals surface area contributed by atoms with E-state index >= 15 is 0 Å². The number of carbonyl (C=O) groups is 2. The molecule has 0 spiro atoms. The molecule has 2 heterocycles. The number of rotatable bonds is 7. The largest absolute Gasteiger partial charge is 0.486 e. The first kappa shape index (κ1) is 20.2. The highest BCUT2D eigenvalue weighted by Crippen LogP contribution is 2.31. The number of fused-ring (bicyclic) bond motifs is 1. The van der Waals surface area contributed by atoms with E-state index in [4.69, 9.17) is 9.47 Å². The standard InChI is InChI=1S/C23H27N3O4/c1-2-25(14-17-16-29-20-10-5-6-11-21(20)30-17)15-22(27)24-18-8-3-4-9-19(18)26-13-7-12-23(26)28/h3-6,8-11,17H,2,7,12-16H2,1H3,(H,24,27). The first-order valence-electron chi connectivity index (χ1n) is 10.4. The number of likely N-dealkylation sites (N-methyl/N-ethyl adjacent to an activating group) is 1. The summed E-state index contributed by atoms with van der Waals surface area (Å²) in [6.07, 6.45) is 1.26. The molecule has 158 valence electrons. The van der Waals surface area contributed by atoms with Crippen LogP contribution in [-0.2, 0) is 9.59 Å². The van der Waals surface area contributed by atoms with E-state index in [1.165, 1.54) is 0 Å². The molecule has 1 N–H and O–H groups in total. The normalized spacial score (nSPS) is 18.0. The second-order valence-electron chi connectivity index (χ2n) is 7.54. The predicted octanol–water partition coefficient (Wildman–Crippen LogP) is 2.91. The molecule has 0 bridgehead atoms. The monoisotopic (exact) mass is 409 g/mol. The van der Waals surface area contributed by atoms with Crippen LogP contribution in [0.15, 0.2) is 48.5 Å². The van der Waals surface area contributed by atoms with Crippen molar-refractivity contribution in [2.45, 2.75) is 25.9 Å². The van der Waals surface area contributed by atoms with Crippen molar-refractivity contribution in [2.75, 3.05) is 43.0 Å². The molecule has 0 aliphatic carbocycles. The van der Waals surface area contributed by atoms with E-state index in [2.05, 4.69) is 5.32 Å². The van der Waals surface area contributed by atoms with Gasteiger partial charge in [-0.15, -0.1) is 0 Å². The van der Waals surface area contributed by atoms with Crippen LogP contribution in [0, 0.1) is 0 Å². The van der Waals surface area contributed by atoms with Gasteiger partial charge >= 0.3 is 0 Å². The van der Waals surface area contributed by atoms with Gasteiger partial charge in [0.1, 0.15) is 12.7 Å². The number of amides is 2. The Morgan fingerprint density at radius 3 is 2.70 bits per heavy atom. The topological polar surface area (TPSA) is 71.1 Å². The lowest BCUT2D eigenvalue weighted by Gasteiger charge is -2.30. The number of nitrogens with zero attached hydrogens (tertiary/aromatic N) is 2. The number of nitrogens with one attached hydrogen (secondary N) is 1. The van der Waals surface area contributed by atoms with E-state index < -0.39 is 0 Å². The fraction of sp³-hybridized carbons (Fsp3) is 0.391. The summed E-state index contributed by atoms with van der Waals surface area (Å²) < 4.78 is 11.8. The second-order valence-corrected chi connectivity index (χ2v) is 7.54. The molecule has 4 rings (SSSR count). The molecule has 0 aromatic heterocycles. The van der Waals surface area contributed by atoms with E-state index in [0.29, 0.717) is 38.3 Å². The van der Waals surface area contributed by atoms with E-state index in [1.54, 1.807) is 4.90 Å². The van der Waals surface area contributed by atoms with E-state index in [0.717, 1.165) is 23.6 Å². The summed E-state index contributed by atoms with van der Waals surface area (Å²) in [5.74, 6) is 1.47. The lowest BCUT2D eigenvalue weighted by molar-refractivity contribution is -0.118. The summed E-state index contributed by atoms with van der Waals surface area (Å²) in [5.41, 5.74) is 1.43. The van der Waals surface area contributed by atoms with Gasteiger partial charge in [0.25, 0.3) is 0 Å². The maximum absolute atomic E-state index is 12.7. The van der Waals surface area contributed by atoms with Crippen molar-refractivity contribution < 1.29 is 19.1 Å². The van der Waals surface area contributed by atoms with Crippen LogP contribution in [0.5, 0.6) is 11.5 Å². The van der Waals surface area contributed by atoms with E-state index in [1.807, 2.05) is 60.4 Å². The minimum absolute atomic E-state index is 0.0987. The third kappa shape index (κ3) is 4.57. The zero-order valence-electron chi connectivity index (χ0n) is 17.2. The van der Waals surface area contributed by atoms with Crippen LogP contribution in [0.2, 0.25) is 0 Å². The van der Waals surface area contributed by atoms with Gasteiger partial charge in [0.2, 0.25) is 11.8 Å². The Balaban J connectivity index is 1.36. The van der Waals surface area contributed by atoms with Crippen LogP contribution in [-0.4, -0.2) is 55.6 Å². The van der Waals surface area contributed by atoms with Gasteiger partial charge in [0.15, 0.2) is 11.5 Å². The molecular formula is C23H27N3O4. The van der Waals surface area contributed by atoms with Crippen molar-refractivity contribution in [1.82, 2.24) is 4.90 Å². The van der Waals surface area contributed by atoms with Gasteiger partial charge in [-0.25, -0.2) is 0 Å². The molecular weight excluding hydrogens is 382 g/mol. The molecule has 2 amide bonds. The minimum Gasteiger partial charge on any atom is -0.486 e. The maximum atomic E-state index is 12.7. The van der Waals surface area contributed by atoms with Crippen molar-refractivity contribution >= 4 is 23.2 Å². The average Bonchev–Trinajstić information content (AvgIpc) is 3.19. The van der Waals surface area contributed by atoms with Crippen LogP contribution < -0.4 is 19.7 Å². The third-order valence-electron chi connectivity index (χ3n) is 5.39. The van der Waals surface area contributed by atoms with Gasteiger partial charge in [-0.05, 0) is 37.2 Å². The maximum Gasteiger partial charge on any atom is 0.238 e. The molecule has 7 nitrogen and oxygen atoms in total. The average molecular weight is 409 g/mol. The van der Waals surface area contributed by atoms with Gasteiger partial charge in [0, 0.05) is 19.5 Å². The Morgan fingerprint density at radius 1 is 1.17 bits per heavy atom. The third-order valence-corrected chi connectivity index (χ3v) is 5.39. The molecule has 7 heteroatoms. The first-order valence-corrected chi connectivity index (χ1v) is 10.4. The molecule has 2 aliphatic heterocycles. The van der Waals surface area contributed by atoms with Crippen LogP contribution in [0.4, 0.5) is 11.4 Å². The number of ether oxygens (including phenoxy) is 2. The zero-order chi connectivity index (χ0) is 20.9. The van der Waals surface area contributed by atoms with Crippen LogP contribution in [0.25, 0.3) is 0 Å². The first-order chi connectivity index (χ1) is 14.6. The molecule has 1 fully saturated rings. The summed E-state index contributed by atoms with van der Waals surface area (Å²) in [5, 5.41) is 2.98. The van der Waals surface area contributed by atoms with Gasteiger partial charge < -0.3 is 19.7 Å². The molecule has 1 unspecified atom stereocenters. The smallest absolute Gasteiger partial charge is 0.238 e. The summed E-state index contributed by atoms with van der Waals surface area (Å²) in [4.78, 5) is 28.6. The Labute approximate surface area is 176 Å². The number of hydrogen-bond acceptors (Lipinski definition) is 5. The van der Waals surface area contributed by atoms with Crippen molar-refractivity contribution in [3.05, 3.63) is 48.5 Å². The van der Waals surface area contributed by atoms with Crippen LogP contribution in [0.1, 0.15) is 19.8 Å². The van der Waals surface area contributed by atoms with Crippen molar-refractivity contribution in [3.63, 3.8) is 0 Å². The Hall–Kier alpha value is -3.06. The lowest BCUT2D eigenvalue weighted by Crippen LogP contribution is -2.43. The Kier molecular flexibility index (Phi) is 6.18. The van der Waals surface area contributed by atoms with Crippen molar-refractivity contribution in [3.8, 4) is 11.5 Å². The molecule has 2 aromatic rings. The zero-order valence-corrected chi connectivity index (χ0v) is 17.2. The number of anilines is 2. The molecule has 1 atom stereocenters. The van der Waals surface area contributed by atoms with Gasteiger partial charge in [-0.2, -0.15) is 0 Å².